The van der Waals surface area contributed by atoms with Crippen molar-refractivity contribution in [2.75, 3.05) is 32.6 Å². The number of aromatic nitrogens is 1. The van der Waals surface area contributed by atoms with E-state index in [9.17, 15) is 0 Å². The van der Waals surface area contributed by atoms with Crippen LogP contribution in [0.3, 0.4) is 0 Å². The number of benzene rings is 2. The molecule has 0 amide bonds. The summed E-state index contributed by atoms with van der Waals surface area (Å²) in [5.41, 5.74) is 2.32. The molecule has 0 atom stereocenters. The average molecular weight is 341 g/mol. The predicted octanol–water partition coefficient (Wildman–Crippen LogP) is 4.24. The van der Waals surface area contributed by atoms with Crippen LogP contribution < -0.4 is 10.1 Å². The number of hydrogen-bond donors (Lipinski definition) is 1. The first-order valence-electron chi connectivity index (χ1n) is 8.16. The van der Waals surface area contributed by atoms with E-state index < -0.39 is 0 Å². The van der Waals surface area contributed by atoms with Crippen LogP contribution in [0.15, 0.2) is 48.5 Å². The molecule has 24 heavy (non-hydrogen) atoms. The van der Waals surface area contributed by atoms with Crippen LogP contribution in [0.1, 0.15) is 12.0 Å². The first-order chi connectivity index (χ1) is 11.7. The number of anilines is 1. The van der Waals surface area contributed by atoms with Gasteiger partial charge in [-0.2, -0.15) is 0 Å². The minimum atomic E-state index is 0.698. The highest BCUT2D eigenvalue weighted by Crippen LogP contribution is 2.25. The summed E-state index contributed by atoms with van der Waals surface area (Å²) in [5, 5.41) is 4.35. The Bertz CT molecular complexity index is 752. The highest BCUT2D eigenvalue weighted by molar-refractivity contribution is 7.22. The molecule has 3 rings (SSSR count). The van der Waals surface area contributed by atoms with E-state index in [-0.39, 0.29) is 0 Å². The van der Waals surface area contributed by atoms with Crippen LogP contribution in [-0.2, 0) is 6.54 Å². The molecule has 5 heteroatoms. The maximum absolute atomic E-state index is 5.85. The van der Waals surface area contributed by atoms with E-state index in [4.69, 9.17) is 4.74 Å². The molecule has 0 unspecified atom stereocenters. The Labute approximate surface area is 147 Å². The van der Waals surface area contributed by atoms with Crippen molar-refractivity contribution in [3.8, 4) is 5.75 Å². The van der Waals surface area contributed by atoms with Gasteiger partial charge in [0.25, 0.3) is 0 Å². The molecule has 0 aliphatic rings. The fraction of sp³-hybridized carbons (Fsp3) is 0.316. The molecule has 0 saturated carbocycles. The van der Waals surface area contributed by atoms with Crippen LogP contribution >= 0.6 is 11.3 Å². The van der Waals surface area contributed by atoms with Gasteiger partial charge in [-0.3, -0.25) is 0 Å². The highest BCUT2D eigenvalue weighted by atomic mass is 32.1. The molecule has 3 aromatic rings. The second-order valence-electron chi connectivity index (χ2n) is 6.00. The maximum Gasteiger partial charge on any atom is 0.183 e. The van der Waals surface area contributed by atoms with Crippen molar-refractivity contribution in [1.29, 1.82) is 0 Å². The number of nitrogens with one attached hydrogen (secondary N) is 1. The molecule has 0 aliphatic carbocycles. The van der Waals surface area contributed by atoms with Crippen molar-refractivity contribution in [3.05, 3.63) is 54.1 Å². The van der Waals surface area contributed by atoms with Gasteiger partial charge in [-0.25, -0.2) is 4.98 Å². The van der Waals surface area contributed by atoms with Gasteiger partial charge < -0.3 is 15.0 Å². The van der Waals surface area contributed by atoms with Crippen LogP contribution in [0.4, 0.5) is 5.13 Å². The van der Waals surface area contributed by atoms with Gasteiger partial charge in [0, 0.05) is 13.1 Å². The Balaban J connectivity index is 1.42. The number of ether oxygens (including phenoxy) is 1. The van der Waals surface area contributed by atoms with E-state index in [1.165, 1.54) is 10.3 Å². The fourth-order valence-electron chi connectivity index (χ4n) is 2.50. The standard InChI is InChI=1S/C19H23N3OS/c1-22(2)14-15-7-5-8-16(13-15)23-12-6-11-20-19-21-17-9-3-4-10-18(17)24-19/h3-5,7-10,13H,6,11-12,14H2,1-2H3,(H,20,21). The third-order valence-corrected chi connectivity index (χ3v) is 4.55. The number of para-hydroxylation sites is 1. The first kappa shape index (κ1) is 16.7. The van der Waals surface area contributed by atoms with E-state index in [1.807, 2.05) is 30.3 Å². The molecule has 0 fully saturated rings. The van der Waals surface area contributed by atoms with E-state index in [2.05, 4.69) is 47.5 Å². The number of thiazole rings is 1. The lowest BCUT2D eigenvalue weighted by Gasteiger charge is -2.11. The Morgan fingerprint density at radius 3 is 2.83 bits per heavy atom. The summed E-state index contributed by atoms with van der Waals surface area (Å²) < 4.78 is 7.07. The van der Waals surface area contributed by atoms with E-state index in [0.717, 1.165) is 35.9 Å². The van der Waals surface area contributed by atoms with Crippen molar-refractivity contribution in [3.63, 3.8) is 0 Å². The van der Waals surface area contributed by atoms with Gasteiger partial charge in [-0.15, -0.1) is 0 Å². The summed E-state index contributed by atoms with van der Waals surface area (Å²) in [6.07, 6.45) is 0.938. The molecule has 1 heterocycles. The Hall–Kier alpha value is -2.11. The Morgan fingerprint density at radius 2 is 2.00 bits per heavy atom. The molecule has 0 radical (unpaired) electrons. The molecule has 1 aromatic heterocycles. The number of fused-ring (bicyclic) bond motifs is 1. The summed E-state index contributed by atoms with van der Waals surface area (Å²) in [7, 11) is 4.14. The maximum atomic E-state index is 5.85. The minimum absolute atomic E-state index is 0.698. The van der Waals surface area contributed by atoms with Crippen molar-refractivity contribution < 1.29 is 4.74 Å². The van der Waals surface area contributed by atoms with Crippen LogP contribution in [0, 0.1) is 0 Å². The SMILES string of the molecule is CN(C)Cc1cccc(OCCCNc2nc3ccccc3s2)c1. The Morgan fingerprint density at radius 1 is 1.12 bits per heavy atom. The topological polar surface area (TPSA) is 37.4 Å². The zero-order valence-corrected chi connectivity index (χ0v) is 15.0. The third kappa shape index (κ3) is 4.69. The van der Waals surface area contributed by atoms with Crippen molar-refractivity contribution >= 4 is 26.7 Å². The first-order valence-corrected chi connectivity index (χ1v) is 8.98. The number of hydrogen-bond acceptors (Lipinski definition) is 5. The smallest absolute Gasteiger partial charge is 0.183 e. The molecule has 0 aliphatic heterocycles. The number of nitrogens with zero attached hydrogens (tertiary/aromatic N) is 2. The quantitative estimate of drug-likeness (QED) is 0.622. The summed E-state index contributed by atoms with van der Waals surface area (Å²) in [6, 6.07) is 16.5. The van der Waals surface area contributed by atoms with Crippen LogP contribution in [0.5, 0.6) is 5.75 Å². The van der Waals surface area contributed by atoms with Gasteiger partial charge in [0.15, 0.2) is 5.13 Å². The molecule has 0 spiro atoms. The lowest BCUT2D eigenvalue weighted by molar-refractivity contribution is 0.314. The second kappa shape index (κ2) is 8.13. The van der Waals surface area contributed by atoms with Gasteiger partial charge in [-0.1, -0.05) is 35.6 Å². The summed E-state index contributed by atoms with van der Waals surface area (Å²) in [6.45, 7) is 2.48. The third-order valence-electron chi connectivity index (χ3n) is 3.56. The molecule has 126 valence electrons. The van der Waals surface area contributed by atoms with Crippen molar-refractivity contribution in [1.82, 2.24) is 9.88 Å². The normalized spacial score (nSPS) is 11.1. The van der Waals surface area contributed by atoms with Gasteiger partial charge in [0.1, 0.15) is 5.75 Å². The van der Waals surface area contributed by atoms with E-state index in [1.54, 1.807) is 11.3 Å². The summed E-state index contributed by atoms with van der Waals surface area (Å²) >= 11 is 1.69. The van der Waals surface area contributed by atoms with E-state index >= 15 is 0 Å². The molecule has 4 nitrogen and oxygen atoms in total. The molecular weight excluding hydrogens is 318 g/mol. The van der Waals surface area contributed by atoms with Gasteiger partial charge >= 0.3 is 0 Å². The van der Waals surface area contributed by atoms with E-state index in [0.29, 0.717) is 6.61 Å². The summed E-state index contributed by atoms with van der Waals surface area (Å²) in [5.74, 6) is 0.939. The summed E-state index contributed by atoms with van der Waals surface area (Å²) in [4.78, 5) is 6.72. The minimum Gasteiger partial charge on any atom is -0.494 e. The highest BCUT2D eigenvalue weighted by Gasteiger charge is 2.02. The van der Waals surface area contributed by atoms with Crippen LogP contribution in [-0.4, -0.2) is 37.1 Å². The van der Waals surface area contributed by atoms with Gasteiger partial charge in [0.2, 0.25) is 0 Å². The fourth-order valence-corrected chi connectivity index (χ4v) is 3.40. The molecule has 1 N–H and O–H groups in total. The zero-order valence-electron chi connectivity index (χ0n) is 14.2. The predicted molar refractivity (Wildman–Crippen MR) is 102 cm³/mol. The van der Waals surface area contributed by atoms with Crippen molar-refractivity contribution in [2.45, 2.75) is 13.0 Å². The molecule has 0 bridgehead atoms. The Kier molecular flexibility index (Phi) is 5.67. The lowest BCUT2D eigenvalue weighted by atomic mass is 10.2. The van der Waals surface area contributed by atoms with Crippen molar-refractivity contribution in [2.24, 2.45) is 0 Å². The largest absolute Gasteiger partial charge is 0.494 e. The molecular formula is C19H23N3OS. The number of rotatable bonds is 8. The second-order valence-corrected chi connectivity index (χ2v) is 7.03. The average Bonchev–Trinajstić information content (AvgIpc) is 2.97. The molecule has 2 aromatic carbocycles. The van der Waals surface area contributed by atoms with Crippen LogP contribution in [0.25, 0.3) is 10.2 Å². The zero-order chi connectivity index (χ0) is 16.8. The lowest BCUT2D eigenvalue weighted by Crippen LogP contribution is -2.11. The van der Waals surface area contributed by atoms with Crippen LogP contribution in [0.2, 0.25) is 0 Å². The monoisotopic (exact) mass is 341 g/mol. The van der Waals surface area contributed by atoms with Gasteiger partial charge in [-0.05, 0) is 50.3 Å². The molecule has 0 saturated heterocycles. The van der Waals surface area contributed by atoms with Gasteiger partial charge in [0.05, 0.1) is 16.8 Å².